The summed E-state index contributed by atoms with van der Waals surface area (Å²) >= 11 is 0. The Morgan fingerprint density at radius 1 is 1.03 bits per heavy atom. The Kier molecular flexibility index (Phi) is 5.11. The lowest BCUT2D eigenvalue weighted by Gasteiger charge is -2.36. The van der Waals surface area contributed by atoms with Crippen LogP contribution in [0.3, 0.4) is 0 Å². The molecule has 2 fully saturated rings. The normalized spacial score (nSPS) is 24.1. The fourth-order valence-corrected chi connectivity index (χ4v) is 4.49. The smallest absolute Gasteiger partial charge is 0.423 e. The summed E-state index contributed by atoms with van der Waals surface area (Å²) in [6.45, 7) is 0. The monoisotopic (exact) mass is 449 g/mol. The number of nitrogens with zero attached hydrogens (tertiary/aromatic N) is 3. The minimum atomic E-state index is -4.65. The van der Waals surface area contributed by atoms with Crippen molar-refractivity contribution in [2.24, 2.45) is 5.92 Å². The van der Waals surface area contributed by atoms with Gasteiger partial charge in [-0.05, 0) is 68.2 Å². The Morgan fingerprint density at radius 2 is 1.72 bits per heavy atom. The van der Waals surface area contributed by atoms with Crippen molar-refractivity contribution in [2.75, 3.05) is 0 Å². The third-order valence-corrected chi connectivity index (χ3v) is 6.50. The van der Waals surface area contributed by atoms with Gasteiger partial charge in [0.2, 0.25) is 0 Å². The number of alkyl halides is 3. The van der Waals surface area contributed by atoms with Crippen molar-refractivity contribution in [1.82, 2.24) is 14.6 Å². The molecule has 2 heterocycles. The van der Waals surface area contributed by atoms with Crippen molar-refractivity contribution in [1.29, 1.82) is 0 Å². The number of halogens is 4. The van der Waals surface area contributed by atoms with E-state index in [0.29, 0.717) is 49.4 Å². The molecule has 5 nitrogen and oxygen atoms in total. The van der Waals surface area contributed by atoms with Gasteiger partial charge in [-0.1, -0.05) is 12.1 Å². The summed E-state index contributed by atoms with van der Waals surface area (Å²) in [5.74, 6) is 0.335. The summed E-state index contributed by atoms with van der Waals surface area (Å²) in [6.07, 6.45) is 0.512. The van der Waals surface area contributed by atoms with Gasteiger partial charge in [0.15, 0.2) is 5.65 Å². The van der Waals surface area contributed by atoms with E-state index in [2.05, 4.69) is 10.2 Å². The van der Waals surface area contributed by atoms with Gasteiger partial charge in [0.05, 0.1) is 11.7 Å². The second-order valence-electron chi connectivity index (χ2n) is 8.87. The van der Waals surface area contributed by atoms with E-state index in [1.165, 1.54) is 40.9 Å². The van der Waals surface area contributed by atoms with Crippen molar-refractivity contribution >= 4 is 5.65 Å². The molecule has 32 heavy (non-hydrogen) atoms. The third kappa shape index (κ3) is 4.05. The first-order valence-electron chi connectivity index (χ1n) is 10.8. The average molecular weight is 449 g/mol. The standard InChI is InChI=1S/C23H23F4N3O2/c24-16-5-3-15(4-6-16)22(31)10-7-17(8-11-22)32-18-9-12-30-19(13-14-1-2-14)28-29-21(30)20(18)23(25,26)27/h3-6,9,12,14,17,31H,1-2,7-8,10-11,13H2/t17-,22-. The fraction of sp³-hybridized carbons (Fsp3) is 0.478. The molecule has 2 saturated carbocycles. The predicted molar refractivity (Wildman–Crippen MR) is 108 cm³/mol. The highest BCUT2D eigenvalue weighted by Crippen LogP contribution is 2.43. The highest BCUT2D eigenvalue weighted by atomic mass is 19.4. The zero-order chi connectivity index (χ0) is 22.5. The Bertz CT molecular complexity index is 1110. The van der Waals surface area contributed by atoms with Gasteiger partial charge in [-0.2, -0.15) is 13.2 Å². The van der Waals surface area contributed by atoms with Gasteiger partial charge in [0, 0.05) is 12.6 Å². The highest BCUT2D eigenvalue weighted by molar-refractivity contribution is 5.57. The van der Waals surface area contributed by atoms with Crippen LogP contribution in [0.2, 0.25) is 0 Å². The maximum absolute atomic E-state index is 14.0. The van der Waals surface area contributed by atoms with Gasteiger partial charge in [-0.3, -0.25) is 4.40 Å². The number of benzene rings is 1. The number of hydrogen-bond acceptors (Lipinski definition) is 4. The van der Waals surface area contributed by atoms with E-state index in [4.69, 9.17) is 4.74 Å². The van der Waals surface area contributed by atoms with Crippen LogP contribution in [0.1, 0.15) is 55.5 Å². The SMILES string of the molecule is O[C@]1(c2ccc(F)cc2)CC[C@@H](Oc2ccn3c(CC4CC4)nnc3c2C(F)(F)F)CC1. The zero-order valence-electron chi connectivity index (χ0n) is 17.3. The van der Waals surface area contributed by atoms with E-state index in [0.717, 1.165) is 12.8 Å². The molecule has 2 aromatic heterocycles. The lowest BCUT2D eigenvalue weighted by Crippen LogP contribution is -2.35. The van der Waals surface area contributed by atoms with E-state index >= 15 is 0 Å². The maximum Gasteiger partial charge on any atom is 0.423 e. The molecule has 0 unspecified atom stereocenters. The largest absolute Gasteiger partial charge is 0.490 e. The lowest BCUT2D eigenvalue weighted by atomic mass is 9.78. The van der Waals surface area contributed by atoms with Crippen molar-refractivity contribution in [3.05, 3.63) is 59.3 Å². The van der Waals surface area contributed by atoms with Gasteiger partial charge in [0.25, 0.3) is 0 Å². The van der Waals surface area contributed by atoms with Crippen molar-refractivity contribution in [3.63, 3.8) is 0 Å². The molecule has 5 rings (SSSR count). The van der Waals surface area contributed by atoms with E-state index in [-0.39, 0.29) is 11.4 Å². The number of fused-ring (bicyclic) bond motifs is 1. The molecule has 9 heteroatoms. The van der Waals surface area contributed by atoms with Crippen LogP contribution in [0.5, 0.6) is 5.75 Å². The van der Waals surface area contributed by atoms with Crippen LogP contribution in [0.4, 0.5) is 17.6 Å². The number of hydrogen-bond donors (Lipinski definition) is 1. The average Bonchev–Trinajstić information content (AvgIpc) is 3.48. The van der Waals surface area contributed by atoms with Gasteiger partial charge in [-0.25, -0.2) is 4.39 Å². The number of aromatic nitrogens is 3. The molecule has 1 aromatic carbocycles. The molecular formula is C23H23F4N3O2. The number of rotatable bonds is 5. The summed E-state index contributed by atoms with van der Waals surface area (Å²) in [4.78, 5) is 0. The van der Waals surface area contributed by atoms with Gasteiger partial charge in [-0.15, -0.1) is 10.2 Å². The van der Waals surface area contributed by atoms with Crippen LogP contribution in [0.25, 0.3) is 5.65 Å². The van der Waals surface area contributed by atoms with Gasteiger partial charge >= 0.3 is 6.18 Å². The lowest BCUT2D eigenvalue weighted by molar-refractivity contribution is -0.138. The molecular weight excluding hydrogens is 426 g/mol. The molecule has 2 aliphatic carbocycles. The highest BCUT2D eigenvalue weighted by Gasteiger charge is 2.41. The summed E-state index contributed by atoms with van der Waals surface area (Å²) in [5, 5.41) is 18.8. The summed E-state index contributed by atoms with van der Waals surface area (Å²) in [5.41, 5.74) is -1.71. The molecule has 3 aromatic rings. The summed E-state index contributed by atoms with van der Waals surface area (Å²) in [6, 6.07) is 6.98. The summed E-state index contributed by atoms with van der Waals surface area (Å²) in [7, 11) is 0. The molecule has 0 spiro atoms. The van der Waals surface area contributed by atoms with E-state index < -0.39 is 29.3 Å². The fourth-order valence-electron chi connectivity index (χ4n) is 4.49. The Balaban J connectivity index is 1.36. The van der Waals surface area contributed by atoms with Crippen molar-refractivity contribution in [3.8, 4) is 5.75 Å². The molecule has 0 amide bonds. The first kappa shape index (κ1) is 21.2. The van der Waals surface area contributed by atoms with E-state index in [1.54, 1.807) is 0 Å². The molecule has 0 radical (unpaired) electrons. The number of pyridine rings is 1. The Hall–Kier alpha value is -2.68. The van der Waals surface area contributed by atoms with Gasteiger partial charge < -0.3 is 9.84 Å². The topological polar surface area (TPSA) is 59.7 Å². The maximum atomic E-state index is 14.0. The predicted octanol–water partition coefficient (Wildman–Crippen LogP) is 5.05. The van der Waals surface area contributed by atoms with Crippen LogP contribution in [0.15, 0.2) is 36.5 Å². The molecule has 0 aliphatic heterocycles. The van der Waals surface area contributed by atoms with Crippen molar-refractivity contribution < 1.29 is 27.4 Å². The van der Waals surface area contributed by atoms with Crippen LogP contribution < -0.4 is 4.74 Å². The first-order chi connectivity index (χ1) is 15.2. The minimum Gasteiger partial charge on any atom is -0.490 e. The number of ether oxygens (including phenoxy) is 1. The van der Waals surface area contributed by atoms with E-state index in [1.807, 2.05) is 0 Å². The van der Waals surface area contributed by atoms with E-state index in [9.17, 15) is 22.7 Å². The second kappa shape index (κ2) is 7.72. The first-order valence-corrected chi connectivity index (χ1v) is 10.8. The molecule has 2 aliphatic rings. The van der Waals surface area contributed by atoms with Gasteiger partial charge in [0.1, 0.15) is 23.0 Å². The van der Waals surface area contributed by atoms with Crippen molar-refractivity contribution in [2.45, 2.75) is 62.8 Å². The molecule has 0 saturated heterocycles. The second-order valence-corrected chi connectivity index (χ2v) is 8.87. The summed E-state index contributed by atoms with van der Waals surface area (Å²) < 4.78 is 62.3. The van der Waals surface area contributed by atoms with Crippen LogP contribution in [-0.4, -0.2) is 25.8 Å². The van der Waals surface area contributed by atoms with Crippen LogP contribution in [-0.2, 0) is 18.2 Å². The molecule has 1 N–H and O–H groups in total. The molecule has 170 valence electrons. The van der Waals surface area contributed by atoms with Crippen LogP contribution >= 0.6 is 0 Å². The van der Waals surface area contributed by atoms with Crippen LogP contribution in [0, 0.1) is 11.7 Å². The molecule has 0 bridgehead atoms. The quantitative estimate of drug-likeness (QED) is 0.554. The molecule has 0 atom stereocenters. The minimum absolute atomic E-state index is 0.246. The Morgan fingerprint density at radius 3 is 2.34 bits per heavy atom. The Labute approximate surface area is 182 Å². The third-order valence-electron chi connectivity index (χ3n) is 6.50. The zero-order valence-corrected chi connectivity index (χ0v) is 17.3. The number of aliphatic hydroxyl groups is 1.